The van der Waals surface area contributed by atoms with E-state index < -0.39 is 19.6 Å². The third kappa shape index (κ3) is 2.67. The highest BCUT2D eigenvalue weighted by Gasteiger charge is 2.67. The molecule has 1 aliphatic carbocycles. The van der Waals surface area contributed by atoms with Gasteiger partial charge in [0.2, 0.25) is 5.91 Å². The smallest absolute Gasteiger partial charge is 0.233 e. The molecule has 0 saturated heterocycles. The van der Waals surface area contributed by atoms with Crippen LogP contribution in [0, 0.1) is 12.3 Å². The Balaban J connectivity index is 2.29. The summed E-state index contributed by atoms with van der Waals surface area (Å²) in [4.78, 5) is 12.4. The van der Waals surface area contributed by atoms with Crippen LogP contribution in [0.3, 0.4) is 0 Å². The Kier molecular flexibility index (Phi) is 3.60. The van der Waals surface area contributed by atoms with Crippen LogP contribution < -0.4 is 5.32 Å². The van der Waals surface area contributed by atoms with Gasteiger partial charge in [-0.05, 0) is 38.0 Å². The van der Waals surface area contributed by atoms with Gasteiger partial charge in [-0.15, -0.1) is 23.2 Å². The van der Waals surface area contributed by atoms with E-state index in [2.05, 4.69) is 5.32 Å². The zero-order valence-corrected chi connectivity index (χ0v) is 13.7. The molecular formula is C13H15Cl2NO3S. The Morgan fingerprint density at radius 3 is 2.35 bits per heavy atom. The van der Waals surface area contributed by atoms with E-state index in [0.717, 1.165) is 11.8 Å². The minimum Gasteiger partial charge on any atom is -0.325 e. The SMILES string of the molecule is Cc1ccc(S(C)(=O)=O)cc1NC(=O)C1(C)CC1(Cl)Cl. The first-order chi connectivity index (χ1) is 8.97. The maximum Gasteiger partial charge on any atom is 0.233 e. The quantitative estimate of drug-likeness (QED) is 0.863. The average molecular weight is 336 g/mol. The maximum absolute atomic E-state index is 12.2. The van der Waals surface area contributed by atoms with Gasteiger partial charge < -0.3 is 5.32 Å². The van der Waals surface area contributed by atoms with Crippen molar-refractivity contribution in [1.29, 1.82) is 0 Å². The lowest BCUT2D eigenvalue weighted by Crippen LogP contribution is -2.26. The Bertz CT molecular complexity index is 685. The van der Waals surface area contributed by atoms with Gasteiger partial charge in [-0.2, -0.15) is 0 Å². The van der Waals surface area contributed by atoms with E-state index >= 15 is 0 Å². The predicted molar refractivity (Wildman–Crippen MR) is 80.1 cm³/mol. The van der Waals surface area contributed by atoms with E-state index in [9.17, 15) is 13.2 Å². The molecule has 0 bridgehead atoms. The van der Waals surface area contributed by atoms with Gasteiger partial charge in [0, 0.05) is 11.9 Å². The summed E-state index contributed by atoms with van der Waals surface area (Å²) in [5.74, 6) is -0.309. The summed E-state index contributed by atoms with van der Waals surface area (Å²) >= 11 is 11.9. The number of aryl methyl sites for hydroxylation is 1. The second kappa shape index (κ2) is 4.61. The first-order valence-corrected chi connectivity index (χ1v) is 8.62. The molecule has 1 N–H and O–H groups in total. The second-order valence-corrected chi connectivity index (χ2v) is 8.92. The van der Waals surface area contributed by atoms with Crippen LogP contribution in [0.2, 0.25) is 0 Å². The molecule has 2 rings (SSSR count). The summed E-state index contributed by atoms with van der Waals surface area (Å²) in [6.45, 7) is 3.46. The van der Waals surface area contributed by atoms with Crippen molar-refractivity contribution in [1.82, 2.24) is 0 Å². The molecule has 1 aliphatic rings. The molecule has 0 radical (unpaired) electrons. The Labute approximate surface area is 128 Å². The topological polar surface area (TPSA) is 63.2 Å². The van der Waals surface area contributed by atoms with Crippen molar-refractivity contribution in [2.24, 2.45) is 5.41 Å². The van der Waals surface area contributed by atoms with Crippen molar-refractivity contribution in [2.45, 2.75) is 29.5 Å². The van der Waals surface area contributed by atoms with E-state index in [0.29, 0.717) is 12.1 Å². The molecule has 0 spiro atoms. The van der Waals surface area contributed by atoms with Crippen molar-refractivity contribution in [3.8, 4) is 0 Å². The molecule has 7 heteroatoms. The summed E-state index contributed by atoms with van der Waals surface area (Å²) in [6, 6.07) is 4.60. The Morgan fingerprint density at radius 1 is 1.35 bits per heavy atom. The molecule has 0 aromatic heterocycles. The minimum atomic E-state index is -3.32. The molecule has 1 amide bonds. The zero-order valence-electron chi connectivity index (χ0n) is 11.3. The van der Waals surface area contributed by atoms with Crippen LogP contribution in [-0.4, -0.2) is 24.9 Å². The molecule has 20 heavy (non-hydrogen) atoms. The van der Waals surface area contributed by atoms with Crippen LogP contribution in [-0.2, 0) is 14.6 Å². The number of hydrogen-bond acceptors (Lipinski definition) is 3. The van der Waals surface area contributed by atoms with Gasteiger partial charge in [0.05, 0.1) is 10.3 Å². The molecule has 1 atom stereocenters. The van der Waals surface area contributed by atoms with Crippen LogP contribution in [0.25, 0.3) is 0 Å². The summed E-state index contributed by atoms with van der Waals surface area (Å²) in [5, 5.41) is 2.71. The van der Waals surface area contributed by atoms with Gasteiger partial charge in [-0.3, -0.25) is 4.79 Å². The number of benzene rings is 1. The van der Waals surface area contributed by atoms with Gasteiger partial charge in [0.25, 0.3) is 0 Å². The Hall–Kier alpha value is -0.780. The molecule has 1 aromatic carbocycles. The highest BCUT2D eigenvalue weighted by Crippen LogP contribution is 2.64. The molecular weight excluding hydrogens is 321 g/mol. The van der Waals surface area contributed by atoms with Gasteiger partial charge in [-0.1, -0.05) is 6.07 Å². The van der Waals surface area contributed by atoms with E-state index in [1.54, 1.807) is 19.9 Å². The standard InChI is InChI=1S/C13H15Cl2NO3S/c1-8-4-5-9(20(3,18)19)6-10(8)16-11(17)12(2)7-13(12,14)15/h4-6H,7H2,1-3H3,(H,16,17). The van der Waals surface area contributed by atoms with Gasteiger partial charge in [0.15, 0.2) is 9.84 Å². The van der Waals surface area contributed by atoms with Gasteiger partial charge >= 0.3 is 0 Å². The summed E-state index contributed by atoms with van der Waals surface area (Å²) < 4.78 is 22.0. The number of sulfone groups is 1. The van der Waals surface area contributed by atoms with E-state index in [1.165, 1.54) is 12.1 Å². The zero-order chi connectivity index (χ0) is 15.3. The fourth-order valence-electron chi connectivity index (χ4n) is 1.87. The van der Waals surface area contributed by atoms with E-state index in [4.69, 9.17) is 23.2 Å². The number of nitrogens with one attached hydrogen (secondary N) is 1. The molecule has 1 unspecified atom stereocenters. The molecule has 4 nitrogen and oxygen atoms in total. The molecule has 1 saturated carbocycles. The fourth-order valence-corrected chi connectivity index (χ4v) is 3.23. The first kappa shape index (κ1) is 15.6. The lowest BCUT2D eigenvalue weighted by atomic mass is 10.1. The van der Waals surface area contributed by atoms with Crippen LogP contribution in [0.1, 0.15) is 18.9 Å². The number of anilines is 1. The van der Waals surface area contributed by atoms with Crippen molar-refractivity contribution >= 4 is 44.6 Å². The maximum atomic E-state index is 12.2. The number of hydrogen-bond donors (Lipinski definition) is 1. The fraction of sp³-hybridized carbons (Fsp3) is 0.462. The highest BCUT2D eigenvalue weighted by atomic mass is 35.5. The normalized spacial score (nSPS) is 24.2. The monoisotopic (exact) mass is 335 g/mol. The molecule has 110 valence electrons. The van der Waals surface area contributed by atoms with E-state index in [-0.39, 0.29) is 10.8 Å². The number of rotatable bonds is 3. The summed E-state index contributed by atoms with van der Waals surface area (Å²) in [5.41, 5.74) is 0.379. The predicted octanol–water partition coefficient (Wildman–Crippen LogP) is 2.92. The Morgan fingerprint density at radius 2 is 1.90 bits per heavy atom. The molecule has 1 fully saturated rings. The van der Waals surface area contributed by atoms with Crippen molar-refractivity contribution in [2.75, 3.05) is 11.6 Å². The number of carbonyl (C=O) groups excluding carboxylic acids is 1. The third-order valence-electron chi connectivity index (χ3n) is 3.64. The number of alkyl halides is 2. The number of carbonyl (C=O) groups is 1. The van der Waals surface area contributed by atoms with Gasteiger partial charge in [-0.25, -0.2) is 8.42 Å². The number of amides is 1. The number of halogens is 2. The first-order valence-electron chi connectivity index (χ1n) is 5.97. The highest BCUT2D eigenvalue weighted by molar-refractivity contribution is 7.90. The van der Waals surface area contributed by atoms with Crippen molar-refractivity contribution < 1.29 is 13.2 Å². The minimum absolute atomic E-state index is 0.155. The van der Waals surface area contributed by atoms with Crippen LogP contribution in [0.15, 0.2) is 23.1 Å². The van der Waals surface area contributed by atoms with Gasteiger partial charge in [0.1, 0.15) is 4.33 Å². The summed E-state index contributed by atoms with van der Waals surface area (Å²) in [6.07, 6.45) is 1.49. The van der Waals surface area contributed by atoms with E-state index in [1.807, 2.05) is 0 Å². The van der Waals surface area contributed by atoms with Crippen LogP contribution in [0.4, 0.5) is 5.69 Å². The molecule has 0 aliphatic heterocycles. The lowest BCUT2D eigenvalue weighted by Gasteiger charge is -2.15. The van der Waals surface area contributed by atoms with Crippen LogP contribution in [0.5, 0.6) is 0 Å². The van der Waals surface area contributed by atoms with Crippen LogP contribution >= 0.6 is 23.2 Å². The average Bonchev–Trinajstić information content (AvgIpc) is 2.81. The lowest BCUT2D eigenvalue weighted by molar-refractivity contribution is -0.120. The molecule has 0 heterocycles. The molecule has 1 aromatic rings. The van der Waals surface area contributed by atoms with Crippen molar-refractivity contribution in [3.05, 3.63) is 23.8 Å². The summed E-state index contributed by atoms with van der Waals surface area (Å²) in [7, 11) is -3.32. The third-order valence-corrected chi connectivity index (χ3v) is 5.86. The largest absolute Gasteiger partial charge is 0.325 e. The van der Waals surface area contributed by atoms with Crippen molar-refractivity contribution in [3.63, 3.8) is 0 Å². The second-order valence-electron chi connectivity index (χ2n) is 5.42.